The summed E-state index contributed by atoms with van der Waals surface area (Å²) in [4.78, 5) is 14.4. The molecule has 1 saturated carbocycles. The second kappa shape index (κ2) is 11.1. The minimum absolute atomic E-state index is 0.0942. The van der Waals surface area contributed by atoms with Crippen LogP contribution in [0.2, 0.25) is 0 Å². The first-order valence-electron chi connectivity index (χ1n) is 14.8. The van der Waals surface area contributed by atoms with E-state index in [1.54, 1.807) is 30.9 Å². The number of alkyl halides is 5. The van der Waals surface area contributed by atoms with Crippen LogP contribution in [-0.2, 0) is 16.2 Å². The maximum atomic E-state index is 14.5. The van der Waals surface area contributed by atoms with Gasteiger partial charge in [0, 0.05) is 35.4 Å². The minimum Gasteiger partial charge on any atom is -0.361 e. The van der Waals surface area contributed by atoms with Crippen LogP contribution in [-0.4, -0.2) is 68.5 Å². The van der Waals surface area contributed by atoms with Crippen LogP contribution in [0.25, 0.3) is 33.5 Å². The number of rotatable bonds is 7. The van der Waals surface area contributed by atoms with Gasteiger partial charge in [0.1, 0.15) is 11.3 Å². The van der Waals surface area contributed by atoms with E-state index in [2.05, 4.69) is 25.4 Å². The zero-order valence-electron chi connectivity index (χ0n) is 25.1. The minimum atomic E-state index is -4.90. The third kappa shape index (κ3) is 5.52. The Morgan fingerprint density at radius 3 is 2.43 bits per heavy atom. The number of pyridine rings is 1. The van der Waals surface area contributed by atoms with Gasteiger partial charge in [0.25, 0.3) is 15.9 Å². The first-order valence-corrected chi connectivity index (χ1v) is 16.3. The molecule has 1 N–H and O–H groups in total. The van der Waals surface area contributed by atoms with E-state index < -0.39 is 33.4 Å². The highest BCUT2D eigenvalue weighted by atomic mass is 32.2. The van der Waals surface area contributed by atoms with Gasteiger partial charge < -0.3 is 9.84 Å². The van der Waals surface area contributed by atoms with E-state index in [4.69, 9.17) is 4.52 Å². The van der Waals surface area contributed by atoms with Crippen LogP contribution in [0.15, 0.2) is 64.3 Å². The van der Waals surface area contributed by atoms with Crippen LogP contribution < -0.4 is 5.32 Å². The van der Waals surface area contributed by atoms with Gasteiger partial charge in [0.05, 0.1) is 40.6 Å². The van der Waals surface area contributed by atoms with Crippen molar-refractivity contribution in [3.05, 3.63) is 71.9 Å². The Kier molecular flexibility index (Phi) is 7.35. The monoisotopic (exact) mass is 673 g/mol. The number of hydrogen-bond donors (Lipinski definition) is 1. The average molecular weight is 674 g/mol. The largest absolute Gasteiger partial charge is 0.419 e. The van der Waals surface area contributed by atoms with E-state index in [1.807, 2.05) is 0 Å². The Morgan fingerprint density at radius 1 is 1.02 bits per heavy atom. The quantitative estimate of drug-likeness (QED) is 0.199. The summed E-state index contributed by atoms with van der Waals surface area (Å²) in [5, 5.41) is 7.11. The summed E-state index contributed by atoms with van der Waals surface area (Å²) >= 11 is 0. The smallest absolute Gasteiger partial charge is 0.361 e. The summed E-state index contributed by atoms with van der Waals surface area (Å²) in [5.41, 5.74) is -0.672. The summed E-state index contributed by atoms with van der Waals surface area (Å²) in [6.07, 6.45) is -1.20. The molecule has 0 radical (unpaired) electrons. The topological polar surface area (TPSA) is 119 Å². The molecule has 0 amide bonds. The fraction of sp³-hybridized carbons (Fsp3) is 0.355. The predicted molar refractivity (Wildman–Crippen MR) is 161 cm³/mol. The van der Waals surface area contributed by atoms with Crippen LogP contribution in [0.5, 0.6) is 0 Å². The molecule has 0 bridgehead atoms. The van der Waals surface area contributed by atoms with Crippen molar-refractivity contribution in [2.45, 2.75) is 62.2 Å². The van der Waals surface area contributed by atoms with Crippen molar-refractivity contribution in [2.24, 2.45) is 0 Å². The van der Waals surface area contributed by atoms with E-state index in [0.717, 1.165) is 16.6 Å². The van der Waals surface area contributed by atoms with Gasteiger partial charge in [-0.1, -0.05) is 23.4 Å². The highest BCUT2D eigenvalue weighted by Crippen LogP contribution is 2.41. The van der Waals surface area contributed by atoms with Gasteiger partial charge in [0.15, 0.2) is 5.65 Å². The third-order valence-electron chi connectivity index (χ3n) is 8.69. The van der Waals surface area contributed by atoms with Crippen LogP contribution in [0, 0.1) is 13.8 Å². The molecule has 5 aromatic rings. The van der Waals surface area contributed by atoms with Crippen molar-refractivity contribution in [3.8, 4) is 22.5 Å². The highest BCUT2D eigenvalue weighted by molar-refractivity contribution is 7.90. The second-order valence-electron chi connectivity index (χ2n) is 11.9. The fourth-order valence-corrected chi connectivity index (χ4v) is 7.84. The molecule has 0 unspecified atom stereocenters. The molecule has 47 heavy (non-hydrogen) atoms. The van der Waals surface area contributed by atoms with E-state index in [-0.39, 0.29) is 52.6 Å². The summed E-state index contributed by atoms with van der Waals surface area (Å²) < 4.78 is 105. The number of anilines is 1. The average Bonchev–Trinajstić information content (AvgIpc) is 3.72. The van der Waals surface area contributed by atoms with Crippen molar-refractivity contribution >= 4 is 27.0 Å². The first kappa shape index (κ1) is 31.2. The molecule has 16 heteroatoms. The van der Waals surface area contributed by atoms with Gasteiger partial charge in [-0.2, -0.15) is 13.2 Å². The molecule has 4 aromatic heterocycles. The molecule has 0 spiro atoms. The van der Waals surface area contributed by atoms with Gasteiger partial charge in [-0.3, -0.25) is 4.90 Å². The number of likely N-dealkylation sites (tertiary alicyclic amines) is 1. The van der Waals surface area contributed by atoms with Crippen LogP contribution in [0.4, 0.5) is 27.9 Å². The number of aryl methyl sites for hydroxylation is 2. The number of benzene rings is 1. The molecule has 2 atom stereocenters. The predicted octanol–water partition coefficient (Wildman–Crippen LogP) is 6.30. The van der Waals surface area contributed by atoms with E-state index >= 15 is 0 Å². The SMILES string of the molecule is Cc1noc(C)c1-c1ccc2c(-c3nc(N[C@H]4CCC[C@H]4N4CC(F)(F)C4)ncc3C(F)(F)F)cn(S(=O)(=O)c3ccccc3)c2n1. The Hall–Kier alpha value is -4.44. The number of halogens is 5. The lowest BCUT2D eigenvalue weighted by Gasteiger charge is -2.44. The van der Waals surface area contributed by atoms with Gasteiger partial charge in [-0.25, -0.2) is 36.1 Å². The molecule has 1 aliphatic heterocycles. The van der Waals surface area contributed by atoms with E-state index in [0.29, 0.717) is 41.8 Å². The summed E-state index contributed by atoms with van der Waals surface area (Å²) in [6.45, 7) is 2.59. The van der Waals surface area contributed by atoms with E-state index in [1.165, 1.54) is 30.3 Å². The normalized spacial score (nSPS) is 20.1. The number of hydrogen-bond acceptors (Lipinski definition) is 9. The molecule has 10 nitrogen and oxygen atoms in total. The van der Waals surface area contributed by atoms with Crippen molar-refractivity contribution in [1.29, 1.82) is 0 Å². The number of fused-ring (bicyclic) bond motifs is 1. The maximum absolute atomic E-state index is 14.5. The van der Waals surface area contributed by atoms with Crippen molar-refractivity contribution < 1.29 is 34.9 Å². The zero-order valence-corrected chi connectivity index (χ0v) is 25.9. The number of nitrogens with zero attached hydrogens (tertiary/aromatic N) is 6. The zero-order chi connectivity index (χ0) is 33.3. The molecule has 5 heterocycles. The molecule has 1 saturated heterocycles. The molecule has 1 aliphatic carbocycles. The first-order chi connectivity index (χ1) is 22.2. The lowest BCUT2D eigenvalue weighted by atomic mass is 10.0. The summed E-state index contributed by atoms with van der Waals surface area (Å²) in [7, 11) is -4.35. The summed E-state index contributed by atoms with van der Waals surface area (Å²) in [5.74, 6) is -2.47. The van der Waals surface area contributed by atoms with E-state index in [9.17, 15) is 30.4 Å². The van der Waals surface area contributed by atoms with Crippen LogP contribution >= 0.6 is 0 Å². The molecule has 2 aliphatic rings. The van der Waals surface area contributed by atoms with Gasteiger partial charge in [-0.05, 0) is 57.4 Å². The van der Waals surface area contributed by atoms with Crippen LogP contribution in [0.3, 0.4) is 0 Å². The molecular weight excluding hydrogens is 645 g/mol. The third-order valence-corrected chi connectivity index (χ3v) is 10.4. The fourth-order valence-electron chi connectivity index (χ4n) is 6.50. The number of nitrogens with one attached hydrogen (secondary N) is 1. The van der Waals surface area contributed by atoms with Gasteiger partial charge >= 0.3 is 6.18 Å². The van der Waals surface area contributed by atoms with Crippen molar-refractivity contribution in [2.75, 3.05) is 18.4 Å². The lowest BCUT2D eigenvalue weighted by molar-refractivity contribution is -0.145. The Labute approximate surface area is 265 Å². The van der Waals surface area contributed by atoms with Crippen LogP contribution in [0.1, 0.15) is 36.3 Å². The molecular formula is C31H28F5N7O3S. The Morgan fingerprint density at radius 2 is 1.77 bits per heavy atom. The number of aromatic nitrogens is 5. The lowest BCUT2D eigenvalue weighted by Crippen LogP contribution is -2.62. The van der Waals surface area contributed by atoms with Gasteiger partial charge in [-0.15, -0.1) is 0 Å². The molecule has 246 valence electrons. The van der Waals surface area contributed by atoms with Crippen molar-refractivity contribution in [3.63, 3.8) is 0 Å². The highest BCUT2D eigenvalue weighted by Gasteiger charge is 2.49. The second-order valence-corrected chi connectivity index (χ2v) is 13.7. The Balaban J connectivity index is 1.38. The standard InChI is InChI=1S/C31H28F5N7O3S/c1-17-26(18(2)46-41-17)24-12-11-20-21(14-43(28(20)38-24)47(44,45)19-7-4-3-5-8-19)27-22(31(34,35)36)13-37-29(40-27)39-23-9-6-10-25(23)42-15-30(32,33)16-42/h3-5,7-8,11-14,23,25H,6,9-10,15-16H2,1-2H3,(H,37,39,40)/t23-,25+/m0/s1. The molecule has 1 aromatic carbocycles. The summed E-state index contributed by atoms with van der Waals surface area (Å²) in [6, 6.07) is 9.87. The Bertz CT molecular complexity index is 2070. The van der Waals surface area contributed by atoms with Gasteiger partial charge in [0.2, 0.25) is 5.95 Å². The molecule has 7 rings (SSSR count). The van der Waals surface area contributed by atoms with Crippen molar-refractivity contribution in [1.82, 2.24) is 29.0 Å². The maximum Gasteiger partial charge on any atom is 0.419 e. The molecule has 2 fully saturated rings.